The number of nitrogens with one attached hydrogen (secondary N) is 1. The number of ether oxygens (including phenoxy) is 1. The van der Waals surface area contributed by atoms with Crippen molar-refractivity contribution < 1.29 is 9.13 Å². The number of hydrogen-bond donors (Lipinski definition) is 1. The maximum atomic E-state index is 14.1. The lowest BCUT2D eigenvalue weighted by molar-refractivity contribution is 0.0304. The summed E-state index contributed by atoms with van der Waals surface area (Å²) in [6.07, 6.45) is 5.82. The second kappa shape index (κ2) is 6.45. The van der Waals surface area contributed by atoms with Gasteiger partial charge in [-0.1, -0.05) is 25.1 Å². The summed E-state index contributed by atoms with van der Waals surface area (Å²) in [6.45, 7) is 4.97. The largest absolute Gasteiger partial charge is 0.377 e. The van der Waals surface area contributed by atoms with Gasteiger partial charge in [-0.2, -0.15) is 0 Å². The van der Waals surface area contributed by atoms with Crippen molar-refractivity contribution in [3.63, 3.8) is 0 Å². The van der Waals surface area contributed by atoms with Crippen molar-refractivity contribution >= 4 is 0 Å². The molecule has 3 heteroatoms. The average Bonchev–Trinajstić information content (AvgIpc) is 3.24. The van der Waals surface area contributed by atoms with Crippen LogP contribution < -0.4 is 5.32 Å². The predicted octanol–water partition coefficient (Wildman–Crippen LogP) is 3.55. The molecule has 116 valence electrons. The Hall–Kier alpha value is -0.930. The molecule has 0 aromatic heterocycles. The number of hydrogen-bond acceptors (Lipinski definition) is 2. The third-order valence-corrected chi connectivity index (χ3v) is 4.96. The Morgan fingerprint density at radius 2 is 2.14 bits per heavy atom. The molecule has 1 heterocycles. The first kappa shape index (κ1) is 15.0. The Morgan fingerprint density at radius 1 is 1.33 bits per heavy atom. The summed E-state index contributed by atoms with van der Waals surface area (Å²) in [4.78, 5) is 0. The highest BCUT2D eigenvalue weighted by Crippen LogP contribution is 2.49. The van der Waals surface area contributed by atoms with Crippen LogP contribution in [0.3, 0.4) is 0 Å². The summed E-state index contributed by atoms with van der Waals surface area (Å²) in [5, 5.41) is 3.57. The topological polar surface area (TPSA) is 21.3 Å². The molecule has 2 aliphatic rings. The molecule has 2 nitrogen and oxygen atoms in total. The molecule has 0 amide bonds. The molecule has 2 fully saturated rings. The van der Waals surface area contributed by atoms with Crippen LogP contribution in [0.15, 0.2) is 24.3 Å². The summed E-state index contributed by atoms with van der Waals surface area (Å²) < 4.78 is 20.2. The molecule has 21 heavy (non-hydrogen) atoms. The summed E-state index contributed by atoms with van der Waals surface area (Å²) in [5.41, 5.74) is 0.908. The molecule has 3 rings (SSSR count). The minimum Gasteiger partial charge on any atom is -0.377 e. The van der Waals surface area contributed by atoms with E-state index in [9.17, 15) is 4.39 Å². The highest BCUT2D eigenvalue weighted by Gasteiger charge is 2.50. The molecule has 1 saturated carbocycles. The quantitative estimate of drug-likeness (QED) is 0.776. The van der Waals surface area contributed by atoms with Crippen molar-refractivity contribution in [1.29, 1.82) is 0 Å². The maximum Gasteiger partial charge on any atom is 0.126 e. The van der Waals surface area contributed by atoms with Gasteiger partial charge in [0.05, 0.1) is 6.10 Å². The van der Waals surface area contributed by atoms with Crippen LogP contribution in [0.25, 0.3) is 0 Å². The fourth-order valence-electron chi connectivity index (χ4n) is 3.72. The summed E-state index contributed by atoms with van der Waals surface area (Å²) >= 11 is 0. The third-order valence-electron chi connectivity index (χ3n) is 4.96. The van der Waals surface area contributed by atoms with Crippen LogP contribution in [-0.4, -0.2) is 25.8 Å². The zero-order valence-electron chi connectivity index (χ0n) is 12.9. The van der Waals surface area contributed by atoms with Gasteiger partial charge in [0.25, 0.3) is 0 Å². The van der Waals surface area contributed by atoms with E-state index in [0.717, 1.165) is 44.5 Å². The van der Waals surface area contributed by atoms with E-state index in [1.165, 1.54) is 12.8 Å². The lowest BCUT2D eigenvalue weighted by Gasteiger charge is -2.35. The minimum atomic E-state index is -0.0752. The monoisotopic (exact) mass is 291 g/mol. The van der Waals surface area contributed by atoms with E-state index in [2.05, 4.69) is 12.2 Å². The molecule has 1 aliphatic carbocycles. The van der Waals surface area contributed by atoms with E-state index in [4.69, 9.17) is 4.74 Å². The smallest absolute Gasteiger partial charge is 0.126 e. The fraction of sp³-hybridized carbons (Fsp3) is 0.667. The Labute approximate surface area is 127 Å². The molecule has 1 aromatic carbocycles. The van der Waals surface area contributed by atoms with E-state index < -0.39 is 0 Å². The highest BCUT2D eigenvalue weighted by atomic mass is 19.1. The normalized spacial score (nSPS) is 29.0. The van der Waals surface area contributed by atoms with Gasteiger partial charge in [0.15, 0.2) is 0 Å². The molecular formula is C18H26FNO. The first-order valence-corrected chi connectivity index (χ1v) is 8.31. The van der Waals surface area contributed by atoms with Crippen molar-refractivity contribution in [2.45, 2.75) is 45.1 Å². The fourth-order valence-corrected chi connectivity index (χ4v) is 3.72. The first-order chi connectivity index (χ1) is 10.2. The molecule has 0 radical (unpaired) electrons. The molecular weight excluding hydrogens is 265 g/mol. The molecule has 0 spiro atoms. The summed E-state index contributed by atoms with van der Waals surface area (Å²) in [6, 6.07) is 7.21. The second-order valence-electron chi connectivity index (χ2n) is 6.69. The minimum absolute atomic E-state index is 0.0680. The molecule has 0 bridgehead atoms. The van der Waals surface area contributed by atoms with Gasteiger partial charge < -0.3 is 10.1 Å². The van der Waals surface area contributed by atoms with Crippen LogP contribution in [0.4, 0.5) is 4.39 Å². The van der Waals surface area contributed by atoms with Crippen molar-refractivity contribution in [3.05, 3.63) is 35.6 Å². The maximum absolute atomic E-state index is 14.1. The summed E-state index contributed by atoms with van der Waals surface area (Å²) in [5.74, 6) is 0.622. The first-order valence-electron chi connectivity index (χ1n) is 8.31. The Bertz CT molecular complexity index is 474. The van der Waals surface area contributed by atoms with E-state index in [1.54, 1.807) is 12.1 Å². The van der Waals surface area contributed by atoms with Crippen molar-refractivity contribution in [1.82, 2.24) is 5.32 Å². The lowest BCUT2D eigenvalue weighted by atomic mass is 9.74. The van der Waals surface area contributed by atoms with Crippen LogP contribution in [-0.2, 0) is 11.2 Å². The molecule has 1 N–H and O–H groups in total. The van der Waals surface area contributed by atoms with Crippen LogP contribution in [0, 0.1) is 17.2 Å². The van der Waals surface area contributed by atoms with Crippen LogP contribution >= 0.6 is 0 Å². The van der Waals surface area contributed by atoms with Gasteiger partial charge in [0.1, 0.15) is 5.82 Å². The van der Waals surface area contributed by atoms with Gasteiger partial charge in [0, 0.05) is 18.6 Å². The van der Waals surface area contributed by atoms with E-state index in [-0.39, 0.29) is 11.2 Å². The van der Waals surface area contributed by atoms with Crippen LogP contribution in [0.5, 0.6) is 0 Å². The standard InChI is InChI=1S/C18H26FNO/c1-2-10-20-13-18(9-11-21-17(18)14-7-8-14)12-15-5-3-4-6-16(15)19/h3-6,14,17,20H,2,7-13H2,1H3. The molecule has 2 unspecified atom stereocenters. The van der Waals surface area contributed by atoms with Crippen LogP contribution in [0.1, 0.15) is 38.2 Å². The number of halogens is 1. The summed E-state index contributed by atoms with van der Waals surface area (Å²) in [7, 11) is 0. The Morgan fingerprint density at radius 3 is 2.86 bits per heavy atom. The van der Waals surface area contributed by atoms with Gasteiger partial charge in [0.2, 0.25) is 0 Å². The van der Waals surface area contributed by atoms with Crippen molar-refractivity contribution in [2.75, 3.05) is 19.7 Å². The van der Waals surface area contributed by atoms with Gasteiger partial charge in [-0.3, -0.25) is 0 Å². The second-order valence-corrected chi connectivity index (χ2v) is 6.69. The number of rotatable bonds is 7. The van der Waals surface area contributed by atoms with E-state index in [0.29, 0.717) is 12.0 Å². The van der Waals surface area contributed by atoms with E-state index >= 15 is 0 Å². The highest BCUT2D eigenvalue weighted by molar-refractivity contribution is 5.21. The SMILES string of the molecule is CCCNCC1(Cc2ccccc2F)CCOC1C1CC1. The molecule has 1 aliphatic heterocycles. The lowest BCUT2D eigenvalue weighted by Crippen LogP contribution is -2.44. The zero-order valence-corrected chi connectivity index (χ0v) is 12.9. The molecule has 1 aromatic rings. The van der Waals surface area contributed by atoms with Gasteiger partial charge in [-0.25, -0.2) is 4.39 Å². The molecule has 2 atom stereocenters. The average molecular weight is 291 g/mol. The van der Waals surface area contributed by atoms with Gasteiger partial charge in [-0.05, 0) is 56.2 Å². The van der Waals surface area contributed by atoms with E-state index in [1.807, 2.05) is 12.1 Å². The van der Waals surface area contributed by atoms with Gasteiger partial charge >= 0.3 is 0 Å². The predicted molar refractivity (Wildman–Crippen MR) is 82.8 cm³/mol. The van der Waals surface area contributed by atoms with Crippen LogP contribution in [0.2, 0.25) is 0 Å². The zero-order chi connectivity index (χ0) is 14.7. The van der Waals surface area contributed by atoms with Crippen molar-refractivity contribution in [2.24, 2.45) is 11.3 Å². The van der Waals surface area contributed by atoms with Crippen molar-refractivity contribution in [3.8, 4) is 0 Å². The van der Waals surface area contributed by atoms with Gasteiger partial charge in [-0.15, -0.1) is 0 Å². The molecule has 1 saturated heterocycles. The third kappa shape index (κ3) is 3.29. The Kier molecular flexibility index (Phi) is 4.60. The number of benzene rings is 1. The Balaban J connectivity index is 1.79.